The van der Waals surface area contributed by atoms with Gasteiger partial charge in [-0.05, 0) is 18.9 Å². The highest BCUT2D eigenvalue weighted by Crippen LogP contribution is 2.25. The molecule has 4 nitrogen and oxygen atoms in total. The molecule has 0 radical (unpaired) electrons. The Bertz CT molecular complexity index is 350. The normalized spacial score (nSPS) is 14.2. The molecule has 0 amide bonds. The number of rotatable bonds is 7. The van der Waals surface area contributed by atoms with E-state index in [0.29, 0.717) is 25.2 Å². The standard InChI is InChI=1S/C13H18O4/c1-13(12(14)15,17-10-6-9-16-2)11-7-4-3-5-8-11/h3-5,7-8H,6,9-10H2,1-2H3,(H,14,15). The van der Waals surface area contributed by atoms with Gasteiger partial charge in [0, 0.05) is 13.7 Å². The molecule has 0 aliphatic heterocycles. The molecule has 0 aliphatic carbocycles. The second-order valence-corrected chi connectivity index (χ2v) is 3.90. The fraction of sp³-hybridized carbons (Fsp3) is 0.462. The average Bonchev–Trinajstić information content (AvgIpc) is 2.35. The topological polar surface area (TPSA) is 55.8 Å². The third-order valence-corrected chi connectivity index (χ3v) is 2.62. The van der Waals surface area contributed by atoms with E-state index in [9.17, 15) is 9.90 Å². The van der Waals surface area contributed by atoms with Gasteiger partial charge in [0.1, 0.15) is 0 Å². The predicted molar refractivity (Wildman–Crippen MR) is 63.9 cm³/mol. The minimum absolute atomic E-state index is 0.353. The molecule has 1 aromatic carbocycles. The monoisotopic (exact) mass is 238 g/mol. The van der Waals surface area contributed by atoms with Gasteiger partial charge < -0.3 is 14.6 Å². The summed E-state index contributed by atoms with van der Waals surface area (Å²) in [6.45, 7) is 2.48. The van der Waals surface area contributed by atoms with Crippen molar-refractivity contribution in [3.63, 3.8) is 0 Å². The number of ether oxygens (including phenoxy) is 2. The van der Waals surface area contributed by atoms with Crippen LogP contribution in [0.5, 0.6) is 0 Å². The summed E-state index contributed by atoms with van der Waals surface area (Å²) >= 11 is 0. The summed E-state index contributed by atoms with van der Waals surface area (Å²) in [4.78, 5) is 11.3. The quantitative estimate of drug-likeness (QED) is 0.738. The number of carboxylic acid groups (broad SMARTS) is 1. The molecule has 0 heterocycles. The summed E-state index contributed by atoms with van der Waals surface area (Å²) < 4.78 is 10.4. The lowest BCUT2D eigenvalue weighted by atomic mass is 9.96. The molecule has 1 aromatic rings. The van der Waals surface area contributed by atoms with Gasteiger partial charge in [-0.15, -0.1) is 0 Å². The van der Waals surface area contributed by atoms with Crippen LogP contribution in [0.25, 0.3) is 0 Å². The fourth-order valence-corrected chi connectivity index (χ4v) is 1.50. The van der Waals surface area contributed by atoms with Crippen molar-refractivity contribution in [1.82, 2.24) is 0 Å². The largest absolute Gasteiger partial charge is 0.479 e. The van der Waals surface area contributed by atoms with E-state index in [2.05, 4.69) is 0 Å². The molecule has 0 aromatic heterocycles. The molecule has 0 saturated carbocycles. The molecular formula is C13H18O4. The smallest absolute Gasteiger partial charge is 0.340 e. The Morgan fingerprint density at radius 1 is 1.29 bits per heavy atom. The van der Waals surface area contributed by atoms with Crippen LogP contribution in [0.1, 0.15) is 18.9 Å². The van der Waals surface area contributed by atoms with Crippen molar-refractivity contribution >= 4 is 5.97 Å². The second kappa shape index (κ2) is 6.37. The first-order valence-electron chi connectivity index (χ1n) is 5.53. The first-order valence-corrected chi connectivity index (χ1v) is 5.53. The predicted octanol–water partition coefficient (Wildman–Crippen LogP) is 2.04. The number of aliphatic carboxylic acids is 1. The number of hydrogen-bond acceptors (Lipinski definition) is 3. The lowest BCUT2D eigenvalue weighted by molar-refractivity contribution is -0.165. The maximum atomic E-state index is 11.3. The van der Waals surface area contributed by atoms with E-state index >= 15 is 0 Å². The van der Waals surface area contributed by atoms with Gasteiger partial charge in [-0.3, -0.25) is 0 Å². The molecule has 94 valence electrons. The number of methoxy groups -OCH3 is 1. The van der Waals surface area contributed by atoms with Crippen molar-refractivity contribution in [1.29, 1.82) is 0 Å². The Hall–Kier alpha value is -1.39. The number of carbonyl (C=O) groups is 1. The zero-order valence-electron chi connectivity index (χ0n) is 10.2. The van der Waals surface area contributed by atoms with Crippen molar-refractivity contribution in [2.75, 3.05) is 20.3 Å². The van der Waals surface area contributed by atoms with Gasteiger partial charge in [0.15, 0.2) is 5.60 Å². The highest BCUT2D eigenvalue weighted by molar-refractivity contribution is 5.78. The van der Waals surface area contributed by atoms with Crippen LogP contribution in [-0.2, 0) is 19.9 Å². The molecule has 1 unspecified atom stereocenters. The van der Waals surface area contributed by atoms with Crippen LogP contribution in [0, 0.1) is 0 Å². The zero-order valence-corrected chi connectivity index (χ0v) is 10.2. The van der Waals surface area contributed by atoms with E-state index in [0.717, 1.165) is 0 Å². The van der Waals surface area contributed by atoms with E-state index in [1.165, 1.54) is 0 Å². The van der Waals surface area contributed by atoms with Crippen molar-refractivity contribution < 1.29 is 19.4 Å². The molecule has 0 spiro atoms. The molecule has 0 aliphatic rings. The minimum atomic E-state index is -1.30. The van der Waals surface area contributed by atoms with Gasteiger partial charge in [-0.1, -0.05) is 30.3 Å². The lowest BCUT2D eigenvalue weighted by Gasteiger charge is -2.25. The number of carboxylic acids is 1. The van der Waals surface area contributed by atoms with Crippen LogP contribution in [0.4, 0.5) is 0 Å². The van der Waals surface area contributed by atoms with E-state index in [4.69, 9.17) is 9.47 Å². The number of benzene rings is 1. The molecule has 17 heavy (non-hydrogen) atoms. The van der Waals surface area contributed by atoms with E-state index in [-0.39, 0.29) is 0 Å². The summed E-state index contributed by atoms with van der Waals surface area (Å²) in [6.07, 6.45) is 0.673. The molecule has 0 bridgehead atoms. The maximum absolute atomic E-state index is 11.3. The Morgan fingerprint density at radius 2 is 1.94 bits per heavy atom. The molecule has 4 heteroatoms. The van der Waals surface area contributed by atoms with E-state index in [1.807, 2.05) is 6.07 Å². The Balaban J connectivity index is 2.73. The Labute approximate surface area is 101 Å². The summed E-state index contributed by atoms with van der Waals surface area (Å²) in [6, 6.07) is 8.95. The summed E-state index contributed by atoms with van der Waals surface area (Å²) in [5.74, 6) is -0.985. The highest BCUT2D eigenvalue weighted by atomic mass is 16.5. The van der Waals surface area contributed by atoms with Crippen LogP contribution >= 0.6 is 0 Å². The van der Waals surface area contributed by atoms with Crippen molar-refractivity contribution in [3.8, 4) is 0 Å². The van der Waals surface area contributed by atoms with Crippen molar-refractivity contribution in [2.45, 2.75) is 18.9 Å². The molecule has 1 atom stereocenters. The zero-order chi connectivity index (χ0) is 12.7. The van der Waals surface area contributed by atoms with Gasteiger partial charge in [-0.2, -0.15) is 0 Å². The Morgan fingerprint density at radius 3 is 2.47 bits per heavy atom. The van der Waals surface area contributed by atoms with Crippen molar-refractivity contribution in [3.05, 3.63) is 35.9 Å². The summed E-state index contributed by atoms with van der Waals surface area (Å²) in [5.41, 5.74) is -0.653. The minimum Gasteiger partial charge on any atom is -0.479 e. The van der Waals surface area contributed by atoms with Crippen LogP contribution in [0.15, 0.2) is 30.3 Å². The van der Waals surface area contributed by atoms with Crippen molar-refractivity contribution in [2.24, 2.45) is 0 Å². The molecule has 1 N–H and O–H groups in total. The fourth-order valence-electron chi connectivity index (χ4n) is 1.50. The lowest BCUT2D eigenvalue weighted by Crippen LogP contribution is -2.36. The molecular weight excluding hydrogens is 220 g/mol. The van der Waals surface area contributed by atoms with Gasteiger partial charge >= 0.3 is 5.97 Å². The van der Waals surface area contributed by atoms with Crippen LogP contribution < -0.4 is 0 Å². The summed E-state index contributed by atoms with van der Waals surface area (Å²) in [5, 5.41) is 9.29. The van der Waals surface area contributed by atoms with Crippen LogP contribution in [0.3, 0.4) is 0 Å². The first-order chi connectivity index (χ1) is 8.11. The third-order valence-electron chi connectivity index (χ3n) is 2.62. The SMILES string of the molecule is COCCCOC(C)(C(=O)O)c1ccccc1. The maximum Gasteiger partial charge on any atom is 0.340 e. The third kappa shape index (κ3) is 3.54. The van der Waals surface area contributed by atoms with Gasteiger partial charge in [0.2, 0.25) is 0 Å². The van der Waals surface area contributed by atoms with E-state index in [1.54, 1.807) is 38.3 Å². The first kappa shape index (κ1) is 13.7. The van der Waals surface area contributed by atoms with E-state index < -0.39 is 11.6 Å². The molecule has 0 fully saturated rings. The highest BCUT2D eigenvalue weighted by Gasteiger charge is 2.35. The van der Waals surface area contributed by atoms with Crippen LogP contribution in [0.2, 0.25) is 0 Å². The Kier molecular flexibility index (Phi) is 5.12. The van der Waals surface area contributed by atoms with Gasteiger partial charge in [0.25, 0.3) is 0 Å². The molecule has 0 saturated heterocycles. The van der Waals surface area contributed by atoms with Gasteiger partial charge in [-0.25, -0.2) is 4.79 Å². The average molecular weight is 238 g/mol. The van der Waals surface area contributed by atoms with Gasteiger partial charge in [0.05, 0.1) is 6.61 Å². The molecule has 1 rings (SSSR count). The second-order valence-electron chi connectivity index (χ2n) is 3.90. The summed E-state index contributed by atoms with van der Waals surface area (Å²) in [7, 11) is 1.60. The number of hydrogen-bond donors (Lipinski definition) is 1. The van der Waals surface area contributed by atoms with Crippen LogP contribution in [-0.4, -0.2) is 31.4 Å².